The van der Waals surface area contributed by atoms with Gasteiger partial charge >= 0.3 is 0 Å². The van der Waals surface area contributed by atoms with Gasteiger partial charge in [-0.1, -0.05) is 168 Å². The van der Waals surface area contributed by atoms with Gasteiger partial charge in [-0.05, 0) is 30.8 Å². The number of rotatable bonds is 31. The maximum Gasteiger partial charge on any atom is 0.187 e. The molecule has 0 radical (unpaired) electrons. The summed E-state index contributed by atoms with van der Waals surface area (Å²) in [5.74, 6) is 0.824. The molecular formula is C39H76O7. The van der Waals surface area contributed by atoms with Gasteiger partial charge in [-0.15, -0.1) is 0 Å². The van der Waals surface area contributed by atoms with Gasteiger partial charge < -0.3 is 35.0 Å². The molecule has 0 aliphatic carbocycles. The second-order valence-corrected chi connectivity index (χ2v) is 14.5. The zero-order chi connectivity index (χ0) is 33.8. The lowest BCUT2D eigenvalue weighted by molar-refractivity contribution is -0.299. The van der Waals surface area contributed by atoms with Gasteiger partial charge in [0.15, 0.2) is 6.29 Å². The number of hydrogen-bond donors (Lipinski definition) is 5. The van der Waals surface area contributed by atoms with Crippen LogP contribution in [-0.4, -0.2) is 75.6 Å². The Labute approximate surface area is 283 Å². The third kappa shape index (κ3) is 22.2. The monoisotopic (exact) mass is 657 g/mol. The van der Waals surface area contributed by atoms with Crippen molar-refractivity contribution < 1.29 is 35.0 Å². The van der Waals surface area contributed by atoms with E-state index < -0.39 is 43.4 Å². The first kappa shape index (κ1) is 43.5. The van der Waals surface area contributed by atoms with Gasteiger partial charge in [0.05, 0.1) is 19.3 Å². The minimum absolute atomic E-state index is 0.162. The van der Waals surface area contributed by atoms with Crippen LogP contribution in [0.2, 0.25) is 0 Å². The van der Waals surface area contributed by atoms with Crippen LogP contribution in [0.15, 0.2) is 11.6 Å². The molecule has 0 aromatic rings. The second kappa shape index (κ2) is 29.4. The SMILES string of the molecule is CCCCCCCCCCCCCC/C(=C\[C@@H](O)CCCCCCCCCCCCC(C)C)CO[C@@H]1O[C@H](CO)[C@@H](O)[C@H](O)[C@H]1O. The Morgan fingerprint density at radius 2 is 1.09 bits per heavy atom. The predicted molar refractivity (Wildman–Crippen MR) is 190 cm³/mol. The molecule has 46 heavy (non-hydrogen) atoms. The number of aliphatic hydroxyl groups is 5. The van der Waals surface area contributed by atoms with Crippen molar-refractivity contribution in [3.63, 3.8) is 0 Å². The van der Waals surface area contributed by atoms with Crippen molar-refractivity contribution in [1.82, 2.24) is 0 Å². The van der Waals surface area contributed by atoms with Crippen LogP contribution >= 0.6 is 0 Å². The first-order valence-corrected chi connectivity index (χ1v) is 19.6. The van der Waals surface area contributed by atoms with Crippen molar-refractivity contribution in [2.24, 2.45) is 5.92 Å². The van der Waals surface area contributed by atoms with Crippen molar-refractivity contribution in [2.45, 2.75) is 218 Å². The quantitative estimate of drug-likeness (QED) is 0.0375. The number of ether oxygens (including phenoxy) is 2. The molecule has 6 atom stereocenters. The molecule has 0 unspecified atom stereocenters. The number of aliphatic hydroxyl groups excluding tert-OH is 5. The van der Waals surface area contributed by atoms with E-state index in [1.54, 1.807) is 0 Å². The van der Waals surface area contributed by atoms with Crippen LogP contribution in [-0.2, 0) is 9.47 Å². The standard InChI is InChI=1S/C39H76O7/c1-4-5-6-7-8-9-10-11-15-18-21-24-27-33(31-45-39-38(44)37(43)36(42)35(30-40)46-39)29-34(41)28-25-22-19-16-13-12-14-17-20-23-26-32(2)3/h29,32,34-44H,4-28,30-31H2,1-3H3/b33-29+/t34-,35+,36+,37-,38+,39+/m0/s1. The van der Waals surface area contributed by atoms with Crippen LogP contribution in [0.3, 0.4) is 0 Å². The molecule has 0 bridgehead atoms. The molecule has 1 aliphatic heterocycles. The molecule has 5 N–H and O–H groups in total. The summed E-state index contributed by atoms with van der Waals surface area (Å²) < 4.78 is 11.4. The highest BCUT2D eigenvalue weighted by molar-refractivity contribution is 5.06. The molecule has 1 heterocycles. The van der Waals surface area contributed by atoms with Gasteiger partial charge in [0.25, 0.3) is 0 Å². The molecule has 1 fully saturated rings. The molecule has 0 spiro atoms. The van der Waals surface area contributed by atoms with Crippen LogP contribution in [0.1, 0.15) is 181 Å². The van der Waals surface area contributed by atoms with Gasteiger partial charge in [-0.2, -0.15) is 0 Å². The Balaban J connectivity index is 2.38. The summed E-state index contributed by atoms with van der Waals surface area (Å²) in [6.45, 7) is 6.54. The molecule has 7 heteroatoms. The van der Waals surface area contributed by atoms with Gasteiger partial charge in [0.2, 0.25) is 0 Å². The summed E-state index contributed by atoms with van der Waals surface area (Å²) in [6, 6.07) is 0. The average molecular weight is 657 g/mol. The summed E-state index contributed by atoms with van der Waals surface area (Å²) in [6.07, 6.45) is 25.9. The van der Waals surface area contributed by atoms with Gasteiger partial charge in [0, 0.05) is 0 Å². The molecule has 1 aliphatic rings. The Hall–Kier alpha value is -0.540. The maximum absolute atomic E-state index is 10.8. The summed E-state index contributed by atoms with van der Waals surface area (Å²) in [4.78, 5) is 0. The van der Waals surface area contributed by atoms with Crippen molar-refractivity contribution in [3.05, 3.63) is 11.6 Å². The van der Waals surface area contributed by atoms with Crippen molar-refractivity contribution in [2.75, 3.05) is 13.2 Å². The van der Waals surface area contributed by atoms with E-state index in [2.05, 4.69) is 20.8 Å². The van der Waals surface area contributed by atoms with E-state index in [1.165, 1.54) is 122 Å². The molecule has 1 saturated heterocycles. The van der Waals surface area contributed by atoms with Crippen molar-refractivity contribution in [1.29, 1.82) is 0 Å². The van der Waals surface area contributed by atoms with E-state index >= 15 is 0 Å². The van der Waals surface area contributed by atoms with E-state index in [0.29, 0.717) is 0 Å². The van der Waals surface area contributed by atoms with Gasteiger partial charge in [-0.3, -0.25) is 0 Å². The minimum atomic E-state index is -1.46. The summed E-state index contributed by atoms with van der Waals surface area (Å²) in [7, 11) is 0. The highest BCUT2D eigenvalue weighted by Gasteiger charge is 2.44. The third-order valence-electron chi connectivity index (χ3n) is 9.59. The first-order valence-electron chi connectivity index (χ1n) is 19.6. The summed E-state index contributed by atoms with van der Waals surface area (Å²) in [5.41, 5.74) is 0.963. The molecule has 0 aromatic heterocycles. The van der Waals surface area contributed by atoms with E-state index in [0.717, 1.165) is 50.0 Å². The second-order valence-electron chi connectivity index (χ2n) is 14.5. The Kier molecular flexibility index (Phi) is 27.8. The van der Waals surface area contributed by atoms with E-state index in [9.17, 15) is 25.5 Å². The van der Waals surface area contributed by atoms with Crippen LogP contribution < -0.4 is 0 Å². The molecule has 0 aromatic carbocycles. The summed E-state index contributed by atoms with van der Waals surface area (Å²) in [5, 5.41) is 50.9. The lowest BCUT2D eigenvalue weighted by atomic mass is 9.99. The van der Waals surface area contributed by atoms with Gasteiger partial charge in [0.1, 0.15) is 24.4 Å². The molecular weight excluding hydrogens is 580 g/mol. The normalized spacial score (nSPS) is 23.0. The molecule has 7 nitrogen and oxygen atoms in total. The smallest absolute Gasteiger partial charge is 0.187 e. The fourth-order valence-electron chi connectivity index (χ4n) is 6.47. The lowest BCUT2D eigenvalue weighted by Gasteiger charge is -2.39. The zero-order valence-electron chi connectivity index (χ0n) is 30.3. The number of unbranched alkanes of at least 4 members (excludes halogenated alkanes) is 20. The van der Waals surface area contributed by atoms with Crippen molar-refractivity contribution in [3.8, 4) is 0 Å². The van der Waals surface area contributed by atoms with Crippen LogP contribution in [0.25, 0.3) is 0 Å². The zero-order valence-corrected chi connectivity index (χ0v) is 30.3. The molecule has 0 saturated carbocycles. The van der Waals surface area contributed by atoms with E-state index in [-0.39, 0.29) is 6.61 Å². The van der Waals surface area contributed by atoms with E-state index in [4.69, 9.17) is 9.47 Å². The Morgan fingerprint density at radius 3 is 1.57 bits per heavy atom. The highest BCUT2D eigenvalue weighted by atomic mass is 16.7. The molecule has 0 amide bonds. The highest BCUT2D eigenvalue weighted by Crippen LogP contribution is 2.24. The average Bonchev–Trinajstić information content (AvgIpc) is 3.04. The van der Waals surface area contributed by atoms with Crippen LogP contribution in [0, 0.1) is 5.92 Å². The largest absolute Gasteiger partial charge is 0.394 e. The van der Waals surface area contributed by atoms with Crippen LogP contribution in [0.5, 0.6) is 0 Å². The topological polar surface area (TPSA) is 120 Å². The Morgan fingerprint density at radius 1 is 0.630 bits per heavy atom. The minimum Gasteiger partial charge on any atom is -0.394 e. The lowest BCUT2D eigenvalue weighted by Crippen LogP contribution is -2.59. The predicted octanol–water partition coefficient (Wildman–Crippen LogP) is 8.52. The summed E-state index contributed by atoms with van der Waals surface area (Å²) >= 11 is 0. The van der Waals surface area contributed by atoms with Crippen molar-refractivity contribution >= 4 is 0 Å². The first-order chi connectivity index (χ1) is 22.3. The molecule has 274 valence electrons. The number of hydrogen-bond acceptors (Lipinski definition) is 7. The van der Waals surface area contributed by atoms with E-state index in [1.807, 2.05) is 6.08 Å². The van der Waals surface area contributed by atoms with Crippen LogP contribution in [0.4, 0.5) is 0 Å². The fourth-order valence-corrected chi connectivity index (χ4v) is 6.47. The molecule has 1 rings (SSSR count). The van der Waals surface area contributed by atoms with Gasteiger partial charge in [-0.25, -0.2) is 0 Å². The third-order valence-corrected chi connectivity index (χ3v) is 9.59. The fraction of sp³-hybridized carbons (Fsp3) is 0.949. The Bertz CT molecular complexity index is 698. The maximum atomic E-state index is 10.8.